The van der Waals surface area contributed by atoms with Gasteiger partial charge in [-0.2, -0.15) is 0 Å². The molecule has 0 aliphatic carbocycles. The molecule has 0 unspecified atom stereocenters. The molecule has 132 valence electrons. The lowest BCUT2D eigenvalue weighted by Gasteiger charge is -2.35. The monoisotopic (exact) mass is 343 g/mol. The first-order valence-electron chi connectivity index (χ1n) is 8.67. The van der Waals surface area contributed by atoms with E-state index in [4.69, 9.17) is 9.15 Å². The first-order chi connectivity index (χ1) is 12.2. The first kappa shape index (κ1) is 16.1. The molecule has 0 amide bonds. The highest BCUT2D eigenvalue weighted by atomic mass is 16.5. The molecule has 1 N–H and O–H groups in total. The topological polar surface area (TPSA) is 88.7 Å². The van der Waals surface area contributed by atoms with Gasteiger partial charge in [0.05, 0.1) is 30.2 Å². The van der Waals surface area contributed by atoms with E-state index in [1.807, 2.05) is 12.1 Å². The fourth-order valence-electron chi connectivity index (χ4n) is 3.84. The summed E-state index contributed by atoms with van der Waals surface area (Å²) in [4.78, 5) is 22.6. The lowest BCUT2D eigenvalue weighted by atomic mass is 9.84. The molecule has 2 aromatic rings. The van der Waals surface area contributed by atoms with Crippen LogP contribution in [0.2, 0.25) is 0 Å². The predicted octanol–water partition coefficient (Wildman–Crippen LogP) is 2.44. The Morgan fingerprint density at radius 1 is 1.24 bits per heavy atom. The van der Waals surface area contributed by atoms with Gasteiger partial charge >= 0.3 is 5.97 Å². The van der Waals surface area contributed by atoms with Crippen molar-refractivity contribution >= 4 is 11.9 Å². The van der Waals surface area contributed by atoms with Crippen molar-refractivity contribution in [3.8, 4) is 11.3 Å². The Balaban J connectivity index is 1.42. The number of ether oxygens (including phenoxy) is 1. The molecule has 2 atom stereocenters. The number of carboxylic acid groups (broad SMARTS) is 1. The van der Waals surface area contributed by atoms with E-state index in [2.05, 4.69) is 14.9 Å². The smallest absolute Gasteiger partial charge is 0.309 e. The van der Waals surface area contributed by atoms with Gasteiger partial charge in [0.25, 0.3) is 0 Å². The third-order valence-electron chi connectivity index (χ3n) is 5.20. The average molecular weight is 343 g/mol. The Labute approximate surface area is 145 Å². The molecule has 7 heteroatoms. The zero-order valence-corrected chi connectivity index (χ0v) is 13.9. The van der Waals surface area contributed by atoms with E-state index in [-0.39, 0.29) is 17.9 Å². The van der Waals surface area contributed by atoms with Crippen molar-refractivity contribution in [2.75, 3.05) is 24.6 Å². The Morgan fingerprint density at radius 3 is 2.80 bits per heavy atom. The van der Waals surface area contributed by atoms with E-state index in [1.54, 1.807) is 18.7 Å². The van der Waals surface area contributed by atoms with Crippen LogP contribution in [0.1, 0.15) is 19.3 Å². The van der Waals surface area contributed by atoms with Gasteiger partial charge in [-0.3, -0.25) is 4.79 Å². The van der Waals surface area contributed by atoms with Crippen molar-refractivity contribution in [3.05, 3.63) is 30.9 Å². The zero-order chi connectivity index (χ0) is 17.2. The lowest BCUT2D eigenvalue weighted by Crippen LogP contribution is -2.41. The Hall–Kier alpha value is -2.41. The molecular weight excluding hydrogens is 322 g/mol. The molecule has 7 nitrogen and oxygen atoms in total. The maximum Gasteiger partial charge on any atom is 0.309 e. The van der Waals surface area contributed by atoms with Crippen LogP contribution < -0.4 is 4.90 Å². The molecule has 4 rings (SSSR count). The van der Waals surface area contributed by atoms with Gasteiger partial charge in [-0.05, 0) is 37.3 Å². The van der Waals surface area contributed by atoms with Gasteiger partial charge < -0.3 is 19.2 Å². The highest BCUT2D eigenvalue weighted by molar-refractivity contribution is 5.71. The molecule has 25 heavy (non-hydrogen) atoms. The van der Waals surface area contributed by atoms with Crippen LogP contribution in [0.5, 0.6) is 0 Å². The van der Waals surface area contributed by atoms with Crippen molar-refractivity contribution in [2.45, 2.75) is 25.4 Å². The standard InChI is InChI=1S/C18H21N3O4/c22-17(23)14-5-10-25-16(14)12-2-7-21(8-3-12)18-19-6-1-15(20-18)13-4-9-24-11-13/h1,4,6,9,11-12,14,16H,2-3,5,7-8,10H2,(H,22,23)/t14-,16+/m1/s1. The van der Waals surface area contributed by atoms with E-state index in [1.165, 1.54) is 0 Å². The number of carboxylic acids is 1. The van der Waals surface area contributed by atoms with Crippen LogP contribution in [0, 0.1) is 11.8 Å². The van der Waals surface area contributed by atoms with Crippen LogP contribution in [-0.4, -0.2) is 46.8 Å². The molecule has 2 aromatic heterocycles. The Bertz CT molecular complexity index is 726. The van der Waals surface area contributed by atoms with Crippen molar-refractivity contribution in [1.29, 1.82) is 0 Å². The van der Waals surface area contributed by atoms with Crippen molar-refractivity contribution in [1.82, 2.24) is 9.97 Å². The summed E-state index contributed by atoms with van der Waals surface area (Å²) in [6.45, 7) is 2.18. The van der Waals surface area contributed by atoms with E-state index < -0.39 is 5.97 Å². The predicted molar refractivity (Wildman–Crippen MR) is 90.2 cm³/mol. The molecule has 2 saturated heterocycles. The summed E-state index contributed by atoms with van der Waals surface area (Å²) in [6.07, 6.45) is 7.32. The Morgan fingerprint density at radius 2 is 2.08 bits per heavy atom. The summed E-state index contributed by atoms with van der Waals surface area (Å²) < 4.78 is 10.9. The molecule has 0 bridgehead atoms. The highest BCUT2D eigenvalue weighted by Gasteiger charge is 2.40. The molecular formula is C18H21N3O4. The second kappa shape index (κ2) is 6.84. The van der Waals surface area contributed by atoms with Crippen molar-refractivity contribution in [2.24, 2.45) is 11.8 Å². The van der Waals surface area contributed by atoms with Gasteiger partial charge in [-0.1, -0.05) is 0 Å². The molecule has 2 fully saturated rings. The normalized spacial score (nSPS) is 24.6. The summed E-state index contributed by atoms with van der Waals surface area (Å²) in [5.74, 6) is -0.102. The van der Waals surface area contributed by atoms with Gasteiger partial charge in [0.1, 0.15) is 0 Å². The van der Waals surface area contributed by atoms with Crippen molar-refractivity contribution < 1.29 is 19.1 Å². The molecule has 2 aliphatic rings. The molecule has 4 heterocycles. The minimum atomic E-state index is -0.735. The fourth-order valence-corrected chi connectivity index (χ4v) is 3.84. The van der Waals surface area contributed by atoms with Gasteiger partial charge in [0.15, 0.2) is 0 Å². The van der Waals surface area contributed by atoms with Gasteiger partial charge in [-0.25, -0.2) is 9.97 Å². The van der Waals surface area contributed by atoms with Crippen LogP contribution in [0.3, 0.4) is 0 Å². The van der Waals surface area contributed by atoms with Crippen LogP contribution in [-0.2, 0) is 9.53 Å². The molecule has 0 radical (unpaired) electrons. The minimum absolute atomic E-state index is 0.155. The molecule has 0 spiro atoms. The second-order valence-corrected chi connectivity index (χ2v) is 6.65. The van der Waals surface area contributed by atoms with Crippen LogP contribution in [0.15, 0.2) is 35.3 Å². The van der Waals surface area contributed by atoms with Crippen LogP contribution in [0.4, 0.5) is 5.95 Å². The summed E-state index contributed by atoms with van der Waals surface area (Å²) in [6, 6.07) is 3.74. The minimum Gasteiger partial charge on any atom is -0.481 e. The number of carbonyl (C=O) groups is 1. The summed E-state index contributed by atoms with van der Waals surface area (Å²) in [5.41, 5.74) is 1.77. The van der Waals surface area contributed by atoms with Gasteiger partial charge in [0.2, 0.25) is 5.95 Å². The average Bonchev–Trinajstić information content (AvgIpc) is 3.34. The van der Waals surface area contributed by atoms with E-state index in [0.717, 1.165) is 37.2 Å². The summed E-state index contributed by atoms with van der Waals surface area (Å²) in [5, 5.41) is 9.35. The number of aromatic nitrogens is 2. The number of furan rings is 1. The largest absolute Gasteiger partial charge is 0.481 e. The number of hydrogen-bond donors (Lipinski definition) is 1. The van der Waals surface area contributed by atoms with Gasteiger partial charge in [-0.15, -0.1) is 0 Å². The zero-order valence-electron chi connectivity index (χ0n) is 13.9. The van der Waals surface area contributed by atoms with Crippen LogP contribution in [0.25, 0.3) is 11.3 Å². The quantitative estimate of drug-likeness (QED) is 0.912. The highest BCUT2D eigenvalue weighted by Crippen LogP contribution is 2.34. The number of anilines is 1. The fraction of sp³-hybridized carbons (Fsp3) is 0.500. The van der Waals surface area contributed by atoms with E-state index in [0.29, 0.717) is 19.0 Å². The number of aliphatic carboxylic acids is 1. The maximum atomic E-state index is 11.4. The Kier molecular flexibility index (Phi) is 4.40. The summed E-state index contributed by atoms with van der Waals surface area (Å²) in [7, 11) is 0. The number of hydrogen-bond acceptors (Lipinski definition) is 6. The third-order valence-corrected chi connectivity index (χ3v) is 5.20. The van der Waals surface area contributed by atoms with Crippen molar-refractivity contribution in [3.63, 3.8) is 0 Å². The maximum absolute atomic E-state index is 11.4. The van der Waals surface area contributed by atoms with Crippen LogP contribution >= 0.6 is 0 Å². The van der Waals surface area contributed by atoms with Gasteiger partial charge in [0, 0.05) is 31.5 Å². The second-order valence-electron chi connectivity index (χ2n) is 6.65. The first-order valence-corrected chi connectivity index (χ1v) is 8.67. The molecule has 0 saturated carbocycles. The SMILES string of the molecule is O=C(O)[C@@H]1CCO[C@H]1C1CCN(c2nccc(-c3ccoc3)n2)CC1. The lowest BCUT2D eigenvalue weighted by molar-refractivity contribution is -0.144. The van der Waals surface area contributed by atoms with E-state index >= 15 is 0 Å². The number of rotatable bonds is 4. The molecule has 0 aromatic carbocycles. The number of nitrogens with zero attached hydrogens (tertiary/aromatic N) is 3. The van der Waals surface area contributed by atoms with E-state index in [9.17, 15) is 9.90 Å². The third kappa shape index (κ3) is 3.24. The summed E-state index contributed by atoms with van der Waals surface area (Å²) >= 11 is 0. The molecule has 2 aliphatic heterocycles. The number of piperidine rings is 1.